The number of aromatic carboxylic acids is 1. The van der Waals surface area contributed by atoms with Gasteiger partial charge in [0.05, 0.1) is 11.0 Å². The van der Waals surface area contributed by atoms with Crippen molar-refractivity contribution >= 4 is 17.0 Å². The molecule has 6 heteroatoms. The minimum Gasteiger partial charge on any atom is -0.476 e. The van der Waals surface area contributed by atoms with Crippen molar-refractivity contribution in [1.29, 1.82) is 0 Å². The summed E-state index contributed by atoms with van der Waals surface area (Å²) in [5.74, 6) is 2.49. The molecule has 0 unspecified atom stereocenters. The van der Waals surface area contributed by atoms with E-state index in [4.69, 9.17) is 0 Å². The topological polar surface area (TPSA) is 75.4 Å². The summed E-state index contributed by atoms with van der Waals surface area (Å²) in [5.41, 5.74) is 0.594. The molecule has 1 aromatic heterocycles. The van der Waals surface area contributed by atoms with Gasteiger partial charge in [0, 0.05) is 24.2 Å². The second kappa shape index (κ2) is 7.39. The number of carboxylic acid groups (broad SMARTS) is 1. The zero-order chi connectivity index (χ0) is 22.3. The first-order chi connectivity index (χ1) is 16.1. The van der Waals surface area contributed by atoms with E-state index in [9.17, 15) is 14.7 Å². The molecule has 2 aromatic rings. The average Bonchev–Trinajstić information content (AvgIpc) is 2.77. The number of rotatable bonds is 3. The van der Waals surface area contributed by atoms with E-state index >= 15 is 0 Å². The van der Waals surface area contributed by atoms with Crippen LogP contribution in [0.3, 0.4) is 0 Å². The van der Waals surface area contributed by atoms with Crippen LogP contribution in [0, 0.1) is 23.7 Å². The molecule has 8 rings (SSSR count). The molecular formula is C27H33N3O3. The van der Waals surface area contributed by atoms with Crippen molar-refractivity contribution in [3.63, 3.8) is 0 Å². The number of carboxylic acids is 1. The number of nitrogens with zero attached hydrogens (tertiary/aromatic N) is 3. The van der Waals surface area contributed by atoms with E-state index in [0.717, 1.165) is 48.1 Å². The summed E-state index contributed by atoms with van der Waals surface area (Å²) >= 11 is 0. The van der Waals surface area contributed by atoms with Crippen molar-refractivity contribution < 1.29 is 9.90 Å². The Bertz CT molecular complexity index is 1130. The third-order valence-corrected chi connectivity index (χ3v) is 9.89. The third-order valence-electron chi connectivity index (χ3n) is 9.89. The summed E-state index contributed by atoms with van der Waals surface area (Å²) in [7, 11) is 0. The number of aromatic nitrogens is 2. The molecule has 4 aliphatic carbocycles. The quantitative estimate of drug-likeness (QED) is 0.751. The predicted octanol–water partition coefficient (Wildman–Crippen LogP) is 4.48. The molecule has 4 saturated carbocycles. The van der Waals surface area contributed by atoms with E-state index in [1.807, 2.05) is 24.3 Å². The highest BCUT2D eigenvalue weighted by atomic mass is 16.4. The van der Waals surface area contributed by atoms with Gasteiger partial charge in [0.15, 0.2) is 0 Å². The number of piperidine rings is 2. The largest absolute Gasteiger partial charge is 0.476 e. The van der Waals surface area contributed by atoms with Crippen molar-refractivity contribution in [2.24, 2.45) is 23.7 Å². The number of para-hydroxylation sites is 2. The zero-order valence-electron chi connectivity index (χ0n) is 19.1. The van der Waals surface area contributed by atoms with E-state index in [1.165, 1.54) is 51.4 Å². The van der Waals surface area contributed by atoms with Gasteiger partial charge in [0.2, 0.25) is 5.69 Å². The van der Waals surface area contributed by atoms with Crippen molar-refractivity contribution in [2.75, 3.05) is 0 Å². The van der Waals surface area contributed by atoms with Crippen molar-refractivity contribution in [3.8, 4) is 0 Å². The van der Waals surface area contributed by atoms with Gasteiger partial charge in [0.25, 0.3) is 5.56 Å². The maximum atomic E-state index is 13.3. The Morgan fingerprint density at radius 1 is 0.879 bits per heavy atom. The summed E-state index contributed by atoms with van der Waals surface area (Å²) < 4.78 is 1.80. The highest BCUT2D eigenvalue weighted by Gasteiger charge is 2.54. The molecule has 6 nitrogen and oxygen atoms in total. The fourth-order valence-electron chi connectivity index (χ4n) is 9.13. The number of fused-ring (bicyclic) bond motifs is 4. The summed E-state index contributed by atoms with van der Waals surface area (Å²) in [6, 6.07) is 9.35. The van der Waals surface area contributed by atoms with Crippen LogP contribution in [0.4, 0.5) is 0 Å². The lowest BCUT2D eigenvalue weighted by atomic mass is 9.53. The molecule has 6 aliphatic rings. The summed E-state index contributed by atoms with van der Waals surface area (Å²) in [6.07, 6.45) is 12.8. The van der Waals surface area contributed by atoms with E-state index in [0.29, 0.717) is 17.6 Å². The zero-order valence-corrected chi connectivity index (χ0v) is 19.1. The SMILES string of the molecule is O=C(O)c1nc2ccccc2n([C@H]2C[C@H]3CCC[C@@H](C2)N3C2C3CC4CC(C3)CC2C4)c1=O. The van der Waals surface area contributed by atoms with Crippen LogP contribution < -0.4 is 5.56 Å². The van der Waals surface area contributed by atoms with Crippen LogP contribution in [0.15, 0.2) is 29.1 Å². The van der Waals surface area contributed by atoms with Crippen molar-refractivity contribution in [1.82, 2.24) is 14.5 Å². The van der Waals surface area contributed by atoms with Crippen LogP contribution in [-0.2, 0) is 0 Å². The van der Waals surface area contributed by atoms with Crippen LogP contribution in [0.1, 0.15) is 80.7 Å². The summed E-state index contributed by atoms with van der Waals surface area (Å²) in [5, 5.41) is 9.65. The van der Waals surface area contributed by atoms with Crippen molar-refractivity contribution in [2.45, 2.75) is 88.4 Å². The first kappa shape index (κ1) is 20.2. The molecule has 6 bridgehead atoms. The van der Waals surface area contributed by atoms with Gasteiger partial charge in [-0.05, 0) is 93.6 Å². The average molecular weight is 448 g/mol. The molecule has 33 heavy (non-hydrogen) atoms. The summed E-state index contributed by atoms with van der Waals surface area (Å²) in [6.45, 7) is 0. The highest BCUT2D eigenvalue weighted by Crippen LogP contribution is 2.57. The molecule has 1 N–H and O–H groups in total. The molecule has 0 amide bonds. The van der Waals surface area contributed by atoms with Gasteiger partial charge in [-0.15, -0.1) is 0 Å². The second-order valence-corrected chi connectivity index (χ2v) is 11.7. The van der Waals surface area contributed by atoms with Gasteiger partial charge >= 0.3 is 5.97 Å². The monoisotopic (exact) mass is 447 g/mol. The summed E-state index contributed by atoms with van der Waals surface area (Å²) in [4.78, 5) is 32.3. The lowest BCUT2D eigenvalue weighted by molar-refractivity contribution is -0.122. The molecule has 174 valence electrons. The maximum absolute atomic E-state index is 13.3. The van der Waals surface area contributed by atoms with Crippen LogP contribution in [-0.4, -0.2) is 43.7 Å². The Labute approximate surface area is 194 Å². The molecule has 1 aromatic carbocycles. The normalized spacial score (nSPS) is 39.8. The van der Waals surface area contributed by atoms with Crippen LogP contribution in [0.2, 0.25) is 0 Å². The fraction of sp³-hybridized carbons (Fsp3) is 0.667. The number of carbonyl (C=O) groups is 1. The lowest BCUT2D eigenvalue weighted by Gasteiger charge is -2.62. The molecular weight excluding hydrogens is 414 g/mol. The van der Waals surface area contributed by atoms with Gasteiger partial charge < -0.3 is 9.67 Å². The van der Waals surface area contributed by atoms with Crippen LogP contribution in [0.25, 0.3) is 11.0 Å². The molecule has 3 heterocycles. The first-order valence-electron chi connectivity index (χ1n) is 13.1. The highest BCUT2D eigenvalue weighted by molar-refractivity contribution is 5.88. The smallest absolute Gasteiger partial charge is 0.360 e. The molecule has 6 fully saturated rings. The minimum atomic E-state index is -1.23. The van der Waals surface area contributed by atoms with Gasteiger partial charge in [-0.25, -0.2) is 9.78 Å². The third kappa shape index (κ3) is 3.05. The fourth-order valence-corrected chi connectivity index (χ4v) is 9.13. The second-order valence-electron chi connectivity index (χ2n) is 11.7. The Balaban J connectivity index is 1.26. The Morgan fingerprint density at radius 3 is 2.15 bits per heavy atom. The molecule has 0 radical (unpaired) electrons. The van der Waals surface area contributed by atoms with Crippen molar-refractivity contribution in [3.05, 3.63) is 40.3 Å². The van der Waals surface area contributed by atoms with Crippen LogP contribution >= 0.6 is 0 Å². The van der Waals surface area contributed by atoms with E-state index in [-0.39, 0.29) is 11.7 Å². The molecule has 0 spiro atoms. The van der Waals surface area contributed by atoms with Crippen LogP contribution in [0.5, 0.6) is 0 Å². The van der Waals surface area contributed by atoms with Gasteiger partial charge in [-0.1, -0.05) is 18.6 Å². The first-order valence-corrected chi connectivity index (χ1v) is 13.1. The number of hydrogen-bond donors (Lipinski definition) is 1. The molecule has 2 aliphatic heterocycles. The molecule has 2 saturated heterocycles. The van der Waals surface area contributed by atoms with Gasteiger partial charge in [-0.2, -0.15) is 0 Å². The predicted molar refractivity (Wildman–Crippen MR) is 125 cm³/mol. The van der Waals surface area contributed by atoms with E-state index < -0.39 is 11.5 Å². The Hall–Kier alpha value is -2.21. The van der Waals surface area contributed by atoms with E-state index in [1.54, 1.807) is 4.57 Å². The minimum absolute atomic E-state index is 0.0480. The Morgan fingerprint density at radius 2 is 1.52 bits per heavy atom. The lowest BCUT2D eigenvalue weighted by Crippen LogP contribution is -2.64. The maximum Gasteiger partial charge on any atom is 0.360 e. The standard InChI is InChI=1S/C27H33N3O3/c31-26-24(27(32)33)28-22-6-1-2-7-23(22)30(26)21-13-19-4-3-5-20(14-21)29(19)25-17-9-15-8-16(11-17)12-18(25)10-15/h1-2,6-7,15-21,25H,3-5,8-14H2,(H,32,33)/t15?,16?,17?,18?,19-,20+,21+,25?. The molecule has 3 atom stereocenters. The Kier molecular flexibility index (Phi) is 4.52. The van der Waals surface area contributed by atoms with Gasteiger partial charge in [0.1, 0.15) is 0 Å². The van der Waals surface area contributed by atoms with E-state index in [2.05, 4.69) is 9.88 Å². The van der Waals surface area contributed by atoms with Gasteiger partial charge in [-0.3, -0.25) is 9.69 Å². The number of benzene rings is 1. The number of hydrogen-bond acceptors (Lipinski definition) is 4.